The fraction of sp³-hybridized carbons (Fsp3) is 0.300. The van der Waals surface area contributed by atoms with Gasteiger partial charge in [0.15, 0.2) is 11.6 Å². The van der Waals surface area contributed by atoms with Crippen LogP contribution < -0.4 is 4.74 Å². The van der Waals surface area contributed by atoms with E-state index in [0.717, 1.165) is 23.4 Å². The van der Waals surface area contributed by atoms with E-state index in [0.29, 0.717) is 26.2 Å². The summed E-state index contributed by atoms with van der Waals surface area (Å²) < 4.78 is 31.4. The van der Waals surface area contributed by atoms with Crippen molar-refractivity contribution in [3.63, 3.8) is 0 Å². The molecular formula is C20H20F2N2O3. The molecule has 0 radical (unpaired) electrons. The number of hydrogen-bond acceptors (Lipinski definition) is 3. The fourth-order valence-corrected chi connectivity index (χ4v) is 3.00. The lowest BCUT2D eigenvalue weighted by atomic mass is 10.1. The maximum atomic E-state index is 13.3. The molecule has 0 unspecified atom stereocenters. The van der Waals surface area contributed by atoms with Crippen LogP contribution >= 0.6 is 0 Å². The van der Waals surface area contributed by atoms with Crippen molar-refractivity contribution in [1.82, 2.24) is 9.80 Å². The lowest BCUT2D eigenvalue weighted by Crippen LogP contribution is -2.51. The van der Waals surface area contributed by atoms with E-state index in [-0.39, 0.29) is 23.8 Å². The van der Waals surface area contributed by atoms with Crippen LogP contribution in [0.5, 0.6) is 5.75 Å². The number of nitrogens with zero attached hydrogens (tertiary/aromatic N) is 2. The molecule has 0 bridgehead atoms. The predicted octanol–water partition coefficient (Wildman–Crippen LogP) is 2.50. The zero-order valence-electron chi connectivity index (χ0n) is 15.0. The Hall–Kier alpha value is -2.96. The van der Waals surface area contributed by atoms with Crippen LogP contribution in [0.3, 0.4) is 0 Å². The number of piperazine rings is 1. The second kappa shape index (κ2) is 8.16. The van der Waals surface area contributed by atoms with Crippen LogP contribution in [0.1, 0.15) is 15.9 Å². The summed E-state index contributed by atoms with van der Waals surface area (Å²) in [7, 11) is 1.58. The summed E-state index contributed by atoms with van der Waals surface area (Å²) in [6.07, 6.45) is 0.279. The fourth-order valence-electron chi connectivity index (χ4n) is 3.00. The van der Waals surface area contributed by atoms with Gasteiger partial charge in [-0.05, 0) is 35.9 Å². The third-order valence-electron chi connectivity index (χ3n) is 4.60. The molecule has 1 aliphatic rings. The molecule has 27 heavy (non-hydrogen) atoms. The molecule has 2 amide bonds. The second-order valence-electron chi connectivity index (χ2n) is 6.33. The summed E-state index contributed by atoms with van der Waals surface area (Å²) in [5.41, 5.74) is 0.994. The molecule has 7 heteroatoms. The smallest absolute Gasteiger partial charge is 0.254 e. The first-order valence-corrected chi connectivity index (χ1v) is 8.63. The number of rotatable bonds is 4. The highest BCUT2D eigenvalue weighted by Crippen LogP contribution is 2.15. The number of hydrogen-bond donors (Lipinski definition) is 0. The Balaban J connectivity index is 1.55. The lowest BCUT2D eigenvalue weighted by molar-refractivity contribution is -0.131. The molecule has 0 aromatic heterocycles. The average Bonchev–Trinajstić information content (AvgIpc) is 2.70. The van der Waals surface area contributed by atoms with Gasteiger partial charge in [0.1, 0.15) is 5.75 Å². The molecule has 5 nitrogen and oxygen atoms in total. The number of carbonyl (C=O) groups excluding carboxylic acids is 2. The molecule has 1 aliphatic heterocycles. The normalized spacial score (nSPS) is 14.2. The van der Waals surface area contributed by atoms with Crippen molar-refractivity contribution in [2.24, 2.45) is 0 Å². The first-order chi connectivity index (χ1) is 13.0. The highest BCUT2D eigenvalue weighted by Gasteiger charge is 2.25. The summed E-state index contributed by atoms with van der Waals surface area (Å²) in [6.45, 7) is 1.52. The van der Waals surface area contributed by atoms with E-state index in [1.54, 1.807) is 29.0 Å². The Kier molecular flexibility index (Phi) is 5.69. The molecule has 0 N–H and O–H groups in total. The predicted molar refractivity (Wildman–Crippen MR) is 95.5 cm³/mol. The van der Waals surface area contributed by atoms with Gasteiger partial charge in [0, 0.05) is 31.7 Å². The van der Waals surface area contributed by atoms with Gasteiger partial charge >= 0.3 is 0 Å². The molecule has 2 aromatic carbocycles. The van der Waals surface area contributed by atoms with Crippen molar-refractivity contribution in [3.05, 3.63) is 65.2 Å². The van der Waals surface area contributed by atoms with Crippen molar-refractivity contribution in [2.75, 3.05) is 33.3 Å². The van der Waals surface area contributed by atoms with Gasteiger partial charge in [0.05, 0.1) is 13.5 Å². The largest absolute Gasteiger partial charge is 0.497 e. The van der Waals surface area contributed by atoms with E-state index < -0.39 is 11.6 Å². The van der Waals surface area contributed by atoms with Gasteiger partial charge in [-0.2, -0.15) is 0 Å². The van der Waals surface area contributed by atoms with E-state index in [4.69, 9.17) is 4.74 Å². The first-order valence-electron chi connectivity index (χ1n) is 8.63. The second-order valence-corrected chi connectivity index (χ2v) is 6.33. The van der Waals surface area contributed by atoms with Crippen molar-refractivity contribution in [3.8, 4) is 5.75 Å². The van der Waals surface area contributed by atoms with Gasteiger partial charge < -0.3 is 14.5 Å². The zero-order chi connectivity index (χ0) is 19.4. The molecule has 1 fully saturated rings. The van der Waals surface area contributed by atoms with Crippen molar-refractivity contribution >= 4 is 11.8 Å². The number of amides is 2. The van der Waals surface area contributed by atoms with E-state index in [1.807, 2.05) is 12.1 Å². The molecular weight excluding hydrogens is 354 g/mol. The lowest BCUT2D eigenvalue weighted by Gasteiger charge is -2.35. The third-order valence-corrected chi connectivity index (χ3v) is 4.60. The Bertz CT molecular complexity index is 832. The Labute approximate surface area is 156 Å². The maximum absolute atomic E-state index is 13.3. The van der Waals surface area contributed by atoms with Gasteiger partial charge in [-0.3, -0.25) is 9.59 Å². The highest BCUT2D eigenvalue weighted by atomic mass is 19.2. The number of benzene rings is 2. The van der Waals surface area contributed by atoms with Crippen molar-refractivity contribution < 1.29 is 23.1 Å². The van der Waals surface area contributed by atoms with Gasteiger partial charge in [0.2, 0.25) is 5.91 Å². The standard InChI is InChI=1S/C20H20F2N2O3/c1-27-16-5-2-14(3-6-16)12-19(25)23-8-10-24(11-9-23)20(26)15-4-7-17(21)18(22)13-15/h2-7,13H,8-12H2,1H3. The molecule has 1 heterocycles. The quantitative estimate of drug-likeness (QED) is 0.826. The molecule has 142 valence electrons. The average molecular weight is 374 g/mol. The summed E-state index contributed by atoms with van der Waals surface area (Å²) in [5, 5.41) is 0. The van der Waals surface area contributed by atoms with Crippen LogP contribution in [0.25, 0.3) is 0 Å². The van der Waals surface area contributed by atoms with Crippen LogP contribution in [0.2, 0.25) is 0 Å². The van der Waals surface area contributed by atoms with Crippen LogP contribution in [0.15, 0.2) is 42.5 Å². The molecule has 2 aromatic rings. The maximum Gasteiger partial charge on any atom is 0.254 e. The van der Waals surface area contributed by atoms with E-state index in [2.05, 4.69) is 0 Å². The summed E-state index contributed by atoms with van der Waals surface area (Å²) >= 11 is 0. The minimum Gasteiger partial charge on any atom is -0.497 e. The van der Waals surface area contributed by atoms with Gasteiger partial charge in [-0.15, -0.1) is 0 Å². The highest BCUT2D eigenvalue weighted by molar-refractivity contribution is 5.94. The molecule has 0 spiro atoms. The topological polar surface area (TPSA) is 49.9 Å². The van der Waals surface area contributed by atoms with Crippen LogP contribution in [-0.4, -0.2) is 54.9 Å². The van der Waals surface area contributed by atoms with Gasteiger partial charge in [-0.25, -0.2) is 8.78 Å². The third kappa shape index (κ3) is 4.42. The van der Waals surface area contributed by atoms with E-state index in [9.17, 15) is 18.4 Å². The van der Waals surface area contributed by atoms with Crippen LogP contribution in [-0.2, 0) is 11.2 Å². The van der Waals surface area contributed by atoms with Crippen molar-refractivity contribution in [2.45, 2.75) is 6.42 Å². The molecule has 0 saturated carbocycles. The van der Waals surface area contributed by atoms with Crippen LogP contribution in [0.4, 0.5) is 8.78 Å². The monoisotopic (exact) mass is 374 g/mol. The van der Waals surface area contributed by atoms with Crippen molar-refractivity contribution in [1.29, 1.82) is 0 Å². The SMILES string of the molecule is COc1ccc(CC(=O)N2CCN(C(=O)c3ccc(F)c(F)c3)CC2)cc1. The minimum atomic E-state index is -1.05. The van der Waals surface area contributed by atoms with E-state index >= 15 is 0 Å². The molecule has 0 aliphatic carbocycles. The number of halogens is 2. The number of methoxy groups -OCH3 is 1. The van der Waals surface area contributed by atoms with Gasteiger partial charge in [-0.1, -0.05) is 12.1 Å². The molecule has 0 atom stereocenters. The minimum absolute atomic E-state index is 0.0138. The van der Waals surface area contributed by atoms with Crippen LogP contribution in [0, 0.1) is 11.6 Å². The molecule has 3 rings (SSSR count). The summed E-state index contributed by atoms with van der Waals surface area (Å²) in [4.78, 5) is 28.1. The van der Waals surface area contributed by atoms with Gasteiger partial charge in [0.25, 0.3) is 5.91 Å². The summed E-state index contributed by atoms with van der Waals surface area (Å²) in [6, 6.07) is 10.4. The Morgan fingerprint density at radius 3 is 2.15 bits per heavy atom. The van der Waals surface area contributed by atoms with E-state index in [1.165, 1.54) is 6.07 Å². The first kappa shape index (κ1) is 18.8. The molecule has 1 saturated heterocycles. The zero-order valence-corrected chi connectivity index (χ0v) is 15.0. The number of ether oxygens (including phenoxy) is 1. The Morgan fingerprint density at radius 1 is 0.926 bits per heavy atom. The summed E-state index contributed by atoms with van der Waals surface area (Å²) in [5.74, 6) is -1.68. The number of carbonyl (C=O) groups is 2. The Morgan fingerprint density at radius 2 is 1.56 bits per heavy atom.